The second kappa shape index (κ2) is 7.35. The van der Waals surface area contributed by atoms with E-state index >= 15 is 0 Å². The molecule has 134 valence electrons. The lowest BCUT2D eigenvalue weighted by molar-refractivity contribution is 0.0969. The number of rotatable bonds is 5. The van der Waals surface area contributed by atoms with E-state index in [9.17, 15) is 9.90 Å². The van der Waals surface area contributed by atoms with Gasteiger partial charge in [-0.15, -0.1) is 0 Å². The Kier molecular flexibility index (Phi) is 4.75. The first kappa shape index (κ1) is 17.5. The maximum atomic E-state index is 12.8. The molecule has 1 N–H and O–H groups in total. The van der Waals surface area contributed by atoms with E-state index in [1.165, 1.54) is 0 Å². The predicted octanol–water partition coefficient (Wildman–Crippen LogP) is 4.65. The van der Waals surface area contributed by atoms with Gasteiger partial charge in [0.25, 0.3) is 0 Å². The van der Waals surface area contributed by atoms with Crippen LogP contribution in [0.3, 0.4) is 0 Å². The average Bonchev–Trinajstić information content (AvgIpc) is 3.07. The molecular formula is C22H17ClN2O2. The summed E-state index contributed by atoms with van der Waals surface area (Å²) in [6, 6.07) is 23.7. The van der Waals surface area contributed by atoms with Crippen LogP contribution < -0.4 is 0 Å². The van der Waals surface area contributed by atoms with Crippen molar-refractivity contribution < 1.29 is 9.90 Å². The van der Waals surface area contributed by atoms with Gasteiger partial charge in [-0.1, -0.05) is 54.1 Å². The fourth-order valence-electron chi connectivity index (χ4n) is 3.12. The third-order valence-corrected chi connectivity index (χ3v) is 4.76. The van der Waals surface area contributed by atoms with Gasteiger partial charge in [-0.05, 0) is 42.0 Å². The van der Waals surface area contributed by atoms with Gasteiger partial charge in [0.2, 0.25) is 0 Å². The first-order chi connectivity index (χ1) is 13.1. The number of halogens is 1. The van der Waals surface area contributed by atoms with Gasteiger partial charge >= 0.3 is 0 Å². The van der Waals surface area contributed by atoms with E-state index < -0.39 is 6.10 Å². The number of aliphatic hydroxyl groups excluding tert-OH is 1. The quantitative estimate of drug-likeness (QED) is 0.515. The number of aromatic nitrogens is 2. The molecule has 0 amide bonds. The van der Waals surface area contributed by atoms with Gasteiger partial charge in [-0.3, -0.25) is 4.79 Å². The molecule has 0 bridgehead atoms. The number of carbonyl (C=O) groups is 1. The van der Waals surface area contributed by atoms with Gasteiger partial charge in [0, 0.05) is 10.6 Å². The largest absolute Gasteiger partial charge is 0.380 e. The van der Waals surface area contributed by atoms with E-state index in [1.54, 1.807) is 28.8 Å². The SMILES string of the molecule is O=C(Cn1c(C(O)c2ccccc2)nc2ccccc21)c1ccc(Cl)cc1. The number of carbonyl (C=O) groups excluding carboxylic acids is 1. The van der Waals surface area contributed by atoms with Crippen molar-refractivity contribution in [3.63, 3.8) is 0 Å². The summed E-state index contributed by atoms with van der Waals surface area (Å²) >= 11 is 5.91. The smallest absolute Gasteiger partial charge is 0.182 e. The van der Waals surface area contributed by atoms with Gasteiger partial charge in [-0.25, -0.2) is 4.98 Å². The van der Waals surface area contributed by atoms with Crippen LogP contribution in [0, 0.1) is 0 Å². The lowest BCUT2D eigenvalue weighted by atomic mass is 10.1. The number of aliphatic hydroxyl groups is 1. The van der Waals surface area contributed by atoms with Crippen molar-refractivity contribution in [2.75, 3.05) is 0 Å². The highest BCUT2D eigenvalue weighted by molar-refractivity contribution is 6.30. The van der Waals surface area contributed by atoms with Crippen LogP contribution in [0.4, 0.5) is 0 Å². The zero-order chi connectivity index (χ0) is 18.8. The summed E-state index contributed by atoms with van der Waals surface area (Å²) < 4.78 is 1.78. The predicted molar refractivity (Wildman–Crippen MR) is 106 cm³/mol. The minimum absolute atomic E-state index is 0.0728. The van der Waals surface area contributed by atoms with Crippen LogP contribution in [0.15, 0.2) is 78.9 Å². The van der Waals surface area contributed by atoms with Gasteiger partial charge < -0.3 is 9.67 Å². The number of fused-ring (bicyclic) bond motifs is 1. The third kappa shape index (κ3) is 3.50. The molecular weight excluding hydrogens is 360 g/mol. The summed E-state index contributed by atoms with van der Waals surface area (Å²) in [5, 5.41) is 11.5. The highest BCUT2D eigenvalue weighted by Crippen LogP contribution is 2.26. The number of benzene rings is 3. The second-order valence-corrected chi connectivity index (χ2v) is 6.72. The molecule has 1 heterocycles. The maximum Gasteiger partial charge on any atom is 0.182 e. The number of para-hydroxylation sites is 2. The molecule has 3 aromatic carbocycles. The Hall–Kier alpha value is -2.95. The Labute approximate surface area is 161 Å². The molecule has 0 radical (unpaired) electrons. The van der Waals surface area contributed by atoms with E-state index in [0.717, 1.165) is 16.6 Å². The van der Waals surface area contributed by atoms with Crippen LogP contribution in [0.5, 0.6) is 0 Å². The van der Waals surface area contributed by atoms with E-state index in [4.69, 9.17) is 11.6 Å². The minimum Gasteiger partial charge on any atom is -0.380 e. The Morgan fingerprint density at radius 3 is 2.37 bits per heavy atom. The normalized spacial score (nSPS) is 12.2. The summed E-state index contributed by atoms with van der Waals surface area (Å²) in [6.45, 7) is 0.0847. The zero-order valence-electron chi connectivity index (χ0n) is 14.4. The molecule has 1 unspecified atom stereocenters. The molecule has 4 rings (SSSR count). The first-order valence-electron chi connectivity index (χ1n) is 8.60. The molecule has 4 aromatic rings. The Bertz CT molecular complexity index is 1090. The van der Waals surface area contributed by atoms with Crippen molar-refractivity contribution >= 4 is 28.4 Å². The monoisotopic (exact) mass is 376 g/mol. The molecule has 0 saturated carbocycles. The maximum absolute atomic E-state index is 12.8. The van der Waals surface area contributed by atoms with Crippen LogP contribution in [-0.4, -0.2) is 20.4 Å². The van der Waals surface area contributed by atoms with Crippen molar-refractivity contribution in [3.05, 3.63) is 101 Å². The fraction of sp³-hybridized carbons (Fsp3) is 0.0909. The van der Waals surface area contributed by atoms with Crippen LogP contribution >= 0.6 is 11.6 Å². The van der Waals surface area contributed by atoms with Crippen LogP contribution in [-0.2, 0) is 6.54 Å². The Morgan fingerprint density at radius 2 is 1.63 bits per heavy atom. The molecule has 4 nitrogen and oxygen atoms in total. The molecule has 0 aliphatic rings. The summed E-state index contributed by atoms with van der Waals surface area (Å²) in [5.41, 5.74) is 2.85. The highest BCUT2D eigenvalue weighted by Gasteiger charge is 2.21. The van der Waals surface area contributed by atoms with Crippen molar-refractivity contribution in [1.82, 2.24) is 9.55 Å². The molecule has 0 aliphatic carbocycles. The number of nitrogens with zero attached hydrogens (tertiary/aromatic N) is 2. The van der Waals surface area contributed by atoms with Gasteiger partial charge in [0.05, 0.1) is 17.6 Å². The Balaban J connectivity index is 1.76. The third-order valence-electron chi connectivity index (χ3n) is 4.51. The molecule has 5 heteroatoms. The average molecular weight is 377 g/mol. The van der Waals surface area contributed by atoms with Crippen molar-refractivity contribution in [2.24, 2.45) is 0 Å². The fourth-order valence-corrected chi connectivity index (χ4v) is 3.25. The second-order valence-electron chi connectivity index (χ2n) is 6.29. The molecule has 0 aliphatic heterocycles. The summed E-state index contributed by atoms with van der Waals surface area (Å²) in [5.74, 6) is 0.376. The first-order valence-corrected chi connectivity index (χ1v) is 8.98. The highest BCUT2D eigenvalue weighted by atomic mass is 35.5. The minimum atomic E-state index is -0.920. The van der Waals surface area contributed by atoms with Crippen molar-refractivity contribution in [3.8, 4) is 0 Å². The number of hydrogen-bond acceptors (Lipinski definition) is 3. The van der Waals surface area contributed by atoms with E-state index in [0.29, 0.717) is 16.4 Å². The van der Waals surface area contributed by atoms with Crippen molar-refractivity contribution in [2.45, 2.75) is 12.6 Å². The lowest BCUT2D eigenvalue weighted by Crippen LogP contribution is -2.16. The van der Waals surface area contributed by atoms with Gasteiger partial charge in [0.1, 0.15) is 11.9 Å². The van der Waals surface area contributed by atoms with Crippen LogP contribution in [0.2, 0.25) is 5.02 Å². The summed E-state index contributed by atoms with van der Waals surface area (Å²) in [7, 11) is 0. The number of hydrogen-bond donors (Lipinski definition) is 1. The number of ketones is 1. The van der Waals surface area contributed by atoms with Gasteiger partial charge in [0.15, 0.2) is 5.78 Å². The van der Waals surface area contributed by atoms with E-state index in [1.807, 2.05) is 54.6 Å². The molecule has 1 atom stereocenters. The topological polar surface area (TPSA) is 55.1 Å². The summed E-state index contributed by atoms with van der Waals surface area (Å²) in [4.78, 5) is 17.4. The standard InChI is InChI=1S/C22H17ClN2O2/c23-17-12-10-15(11-13-17)20(26)14-25-19-9-5-4-8-18(19)24-22(25)21(27)16-6-2-1-3-7-16/h1-13,21,27H,14H2. The number of imidazole rings is 1. The molecule has 1 aromatic heterocycles. The van der Waals surface area contributed by atoms with Crippen LogP contribution in [0.1, 0.15) is 27.8 Å². The zero-order valence-corrected chi connectivity index (χ0v) is 15.2. The Morgan fingerprint density at radius 1 is 0.963 bits per heavy atom. The van der Waals surface area contributed by atoms with Gasteiger partial charge in [-0.2, -0.15) is 0 Å². The molecule has 27 heavy (non-hydrogen) atoms. The number of Topliss-reactive ketones (excluding diaryl/α,β-unsaturated/α-hetero) is 1. The lowest BCUT2D eigenvalue weighted by Gasteiger charge is -2.14. The van der Waals surface area contributed by atoms with E-state index in [2.05, 4.69) is 4.98 Å². The molecule has 0 spiro atoms. The molecule has 0 fully saturated rings. The summed E-state index contributed by atoms with van der Waals surface area (Å²) in [6.07, 6.45) is -0.920. The van der Waals surface area contributed by atoms with Crippen LogP contribution in [0.25, 0.3) is 11.0 Å². The molecule has 0 saturated heterocycles. The van der Waals surface area contributed by atoms with E-state index in [-0.39, 0.29) is 12.3 Å². The van der Waals surface area contributed by atoms with Crippen molar-refractivity contribution in [1.29, 1.82) is 0 Å².